The molecule has 0 aliphatic carbocycles. The van der Waals surface area contributed by atoms with E-state index in [1.54, 1.807) is 54.2 Å². The Bertz CT molecular complexity index is 892. The number of halogens is 1. The van der Waals surface area contributed by atoms with Crippen molar-refractivity contribution in [3.8, 4) is 0 Å². The fraction of sp³-hybridized carbons (Fsp3) is 0.333. The average molecular weight is 385 g/mol. The van der Waals surface area contributed by atoms with Gasteiger partial charge in [-0.05, 0) is 42.8 Å². The molecule has 0 radical (unpaired) electrons. The molecule has 0 spiro atoms. The van der Waals surface area contributed by atoms with E-state index in [1.165, 1.54) is 6.07 Å². The summed E-state index contributed by atoms with van der Waals surface area (Å²) >= 11 is 0. The lowest BCUT2D eigenvalue weighted by atomic mass is 10.1. The Morgan fingerprint density at radius 1 is 1.11 bits per heavy atom. The van der Waals surface area contributed by atoms with Crippen molar-refractivity contribution >= 4 is 23.2 Å². The molecule has 1 aliphatic heterocycles. The van der Waals surface area contributed by atoms with Crippen LogP contribution in [0.3, 0.4) is 0 Å². The van der Waals surface area contributed by atoms with Crippen LogP contribution in [-0.2, 0) is 4.74 Å². The number of nitrogens with one attached hydrogen (secondary N) is 1. The van der Waals surface area contributed by atoms with Gasteiger partial charge in [0.25, 0.3) is 11.8 Å². The summed E-state index contributed by atoms with van der Waals surface area (Å²) in [6.07, 6.45) is 0. The van der Waals surface area contributed by atoms with Crippen LogP contribution < -0.4 is 10.2 Å². The van der Waals surface area contributed by atoms with Crippen LogP contribution >= 0.6 is 0 Å². The molecule has 0 unspecified atom stereocenters. The van der Waals surface area contributed by atoms with E-state index in [0.717, 1.165) is 5.56 Å². The largest absolute Gasteiger partial charge is 0.378 e. The van der Waals surface area contributed by atoms with Crippen LogP contribution in [0.4, 0.5) is 15.8 Å². The predicted octanol–water partition coefficient (Wildman–Crippen LogP) is 2.92. The first-order valence-corrected chi connectivity index (χ1v) is 9.12. The first-order chi connectivity index (χ1) is 13.4. The number of ether oxygens (including phenoxy) is 1. The van der Waals surface area contributed by atoms with Crippen LogP contribution in [0.2, 0.25) is 0 Å². The van der Waals surface area contributed by atoms with Crippen molar-refractivity contribution < 1.29 is 18.7 Å². The first-order valence-electron chi connectivity index (χ1n) is 9.12. The molecule has 1 aliphatic rings. The van der Waals surface area contributed by atoms with Crippen molar-refractivity contribution in [2.24, 2.45) is 0 Å². The number of benzene rings is 2. The fourth-order valence-corrected chi connectivity index (χ4v) is 3.08. The fourth-order valence-electron chi connectivity index (χ4n) is 3.08. The van der Waals surface area contributed by atoms with Crippen molar-refractivity contribution in [3.63, 3.8) is 0 Å². The number of nitrogens with zero attached hydrogens (tertiary/aromatic N) is 2. The topological polar surface area (TPSA) is 61.9 Å². The van der Waals surface area contributed by atoms with E-state index in [4.69, 9.17) is 4.74 Å². The van der Waals surface area contributed by atoms with E-state index >= 15 is 0 Å². The normalized spacial score (nSPS) is 13.9. The van der Waals surface area contributed by atoms with Crippen LogP contribution in [0, 0.1) is 12.7 Å². The lowest BCUT2D eigenvalue weighted by Gasteiger charge is -2.27. The third-order valence-electron chi connectivity index (χ3n) is 4.72. The summed E-state index contributed by atoms with van der Waals surface area (Å²) in [5, 5.41) is 2.74. The van der Waals surface area contributed by atoms with Crippen molar-refractivity contribution in [2.75, 3.05) is 50.6 Å². The zero-order valence-corrected chi connectivity index (χ0v) is 16.3. The van der Waals surface area contributed by atoms with Gasteiger partial charge in [-0.15, -0.1) is 0 Å². The van der Waals surface area contributed by atoms with Gasteiger partial charge < -0.3 is 19.9 Å². The van der Waals surface area contributed by atoms with Crippen LogP contribution in [0.5, 0.6) is 0 Å². The number of hydrogen-bond acceptors (Lipinski definition) is 4. The number of carbonyl (C=O) groups is 2. The molecule has 6 nitrogen and oxygen atoms in total. The Morgan fingerprint density at radius 3 is 2.46 bits per heavy atom. The third-order valence-corrected chi connectivity index (χ3v) is 4.72. The zero-order valence-electron chi connectivity index (χ0n) is 16.3. The summed E-state index contributed by atoms with van der Waals surface area (Å²) in [5.41, 5.74) is 2.48. The predicted molar refractivity (Wildman–Crippen MR) is 107 cm³/mol. The highest BCUT2D eigenvalue weighted by molar-refractivity contribution is 6.05. The molecule has 1 heterocycles. The van der Waals surface area contributed by atoms with Crippen LogP contribution in [0.15, 0.2) is 36.4 Å². The molecule has 28 heavy (non-hydrogen) atoms. The molecule has 0 bridgehead atoms. The van der Waals surface area contributed by atoms with Gasteiger partial charge >= 0.3 is 0 Å². The number of anilines is 2. The van der Waals surface area contributed by atoms with Gasteiger partial charge in [-0.1, -0.05) is 6.07 Å². The van der Waals surface area contributed by atoms with Gasteiger partial charge in [-0.3, -0.25) is 9.59 Å². The van der Waals surface area contributed by atoms with E-state index in [9.17, 15) is 14.0 Å². The van der Waals surface area contributed by atoms with Crippen LogP contribution in [0.1, 0.15) is 26.3 Å². The molecule has 148 valence electrons. The van der Waals surface area contributed by atoms with Crippen molar-refractivity contribution in [3.05, 3.63) is 58.9 Å². The maximum absolute atomic E-state index is 14.1. The summed E-state index contributed by atoms with van der Waals surface area (Å²) in [6, 6.07) is 9.52. The molecule has 2 aromatic carbocycles. The first kappa shape index (κ1) is 19.8. The smallest absolute Gasteiger partial charge is 0.255 e. The lowest BCUT2D eigenvalue weighted by Crippen LogP contribution is -2.41. The van der Waals surface area contributed by atoms with Crippen molar-refractivity contribution in [1.29, 1.82) is 0 Å². The molecule has 1 fully saturated rings. The second-order valence-corrected chi connectivity index (χ2v) is 6.95. The lowest BCUT2D eigenvalue weighted by molar-refractivity contribution is 0.0302. The van der Waals surface area contributed by atoms with Gasteiger partial charge in [0.2, 0.25) is 0 Å². The molecule has 0 saturated carbocycles. The number of amides is 2. The molecule has 1 N–H and O–H groups in total. The number of aryl methyl sites for hydroxylation is 1. The molecule has 0 atom stereocenters. The molecule has 3 rings (SSSR count). The maximum atomic E-state index is 14.1. The number of rotatable bonds is 4. The van der Waals surface area contributed by atoms with E-state index in [-0.39, 0.29) is 11.5 Å². The standard InChI is InChI=1S/C21H24FN3O3/c1-14-4-6-16(13-17(14)21(27)25-8-10-28-11-9-25)23-20(26)15-5-7-19(24(2)3)18(22)12-15/h4-7,12-13H,8-11H2,1-3H3,(H,23,26). The highest BCUT2D eigenvalue weighted by atomic mass is 19.1. The third kappa shape index (κ3) is 4.31. The minimum absolute atomic E-state index is 0.0849. The monoisotopic (exact) mass is 385 g/mol. The van der Waals surface area contributed by atoms with Gasteiger partial charge in [0.15, 0.2) is 0 Å². The Balaban J connectivity index is 1.78. The molecular formula is C21H24FN3O3. The van der Waals surface area contributed by atoms with Gasteiger partial charge in [0.1, 0.15) is 5.82 Å². The van der Waals surface area contributed by atoms with E-state index in [2.05, 4.69) is 5.32 Å². The minimum Gasteiger partial charge on any atom is -0.378 e. The van der Waals surface area contributed by atoms with Gasteiger partial charge in [0.05, 0.1) is 18.9 Å². The summed E-state index contributed by atoms with van der Waals surface area (Å²) in [4.78, 5) is 28.7. The summed E-state index contributed by atoms with van der Waals surface area (Å²) in [7, 11) is 3.47. The summed E-state index contributed by atoms with van der Waals surface area (Å²) in [5.74, 6) is -0.985. The Kier molecular flexibility index (Phi) is 5.94. The second kappa shape index (κ2) is 8.39. The van der Waals surface area contributed by atoms with Crippen LogP contribution in [0.25, 0.3) is 0 Å². The van der Waals surface area contributed by atoms with Crippen molar-refractivity contribution in [2.45, 2.75) is 6.92 Å². The minimum atomic E-state index is -0.468. The van der Waals surface area contributed by atoms with E-state index in [1.807, 2.05) is 6.92 Å². The second-order valence-electron chi connectivity index (χ2n) is 6.95. The van der Waals surface area contributed by atoms with Gasteiger partial charge in [-0.2, -0.15) is 0 Å². The number of hydrogen-bond donors (Lipinski definition) is 1. The maximum Gasteiger partial charge on any atom is 0.255 e. The SMILES string of the molecule is Cc1ccc(NC(=O)c2ccc(N(C)C)c(F)c2)cc1C(=O)N1CCOCC1. The number of morpholine rings is 1. The van der Waals surface area contributed by atoms with Gasteiger partial charge in [0, 0.05) is 44.0 Å². The molecule has 0 aromatic heterocycles. The number of carbonyl (C=O) groups excluding carboxylic acids is 2. The molecule has 7 heteroatoms. The Morgan fingerprint density at radius 2 is 1.82 bits per heavy atom. The van der Waals surface area contributed by atoms with Crippen LogP contribution in [-0.4, -0.2) is 57.1 Å². The zero-order chi connectivity index (χ0) is 20.3. The Labute approximate surface area is 163 Å². The summed E-state index contributed by atoms with van der Waals surface area (Å²) < 4.78 is 19.4. The Hall–Kier alpha value is -2.93. The quantitative estimate of drug-likeness (QED) is 0.879. The molecule has 2 amide bonds. The highest BCUT2D eigenvalue weighted by Gasteiger charge is 2.21. The molecule has 1 saturated heterocycles. The van der Waals surface area contributed by atoms with E-state index < -0.39 is 11.7 Å². The van der Waals surface area contributed by atoms with Gasteiger partial charge in [-0.25, -0.2) is 4.39 Å². The summed E-state index contributed by atoms with van der Waals surface area (Å²) in [6.45, 7) is 4.00. The highest BCUT2D eigenvalue weighted by Crippen LogP contribution is 2.21. The van der Waals surface area contributed by atoms with Crippen molar-refractivity contribution in [1.82, 2.24) is 4.90 Å². The molecular weight excluding hydrogens is 361 g/mol. The van der Waals surface area contributed by atoms with E-state index in [0.29, 0.717) is 43.2 Å². The average Bonchev–Trinajstić information content (AvgIpc) is 2.69. The molecule has 2 aromatic rings.